The molecule has 2 rings (SSSR count). The third-order valence-corrected chi connectivity index (χ3v) is 5.10. The van der Waals surface area contributed by atoms with Gasteiger partial charge in [-0.3, -0.25) is 4.79 Å². The molecule has 1 aromatic carbocycles. The Bertz CT molecular complexity index is 756. The average Bonchev–Trinajstić information content (AvgIpc) is 2.60. The van der Waals surface area contributed by atoms with Crippen molar-refractivity contribution < 1.29 is 9.90 Å². The first kappa shape index (κ1) is 20.2. The molecule has 0 radical (unpaired) electrons. The molecule has 0 fully saturated rings. The van der Waals surface area contributed by atoms with Crippen molar-refractivity contribution in [3.8, 4) is 0 Å². The van der Waals surface area contributed by atoms with Crippen LogP contribution in [0.15, 0.2) is 30.4 Å². The van der Waals surface area contributed by atoms with Gasteiger partial charge in [-0.15, -0.1) is 0 Å². The molecule has 1 aliphatic rings. The number of aliphatic carboxylic acids is 1. The van der Waals surface area contributed by atoms with E-state index in [1.165, 1.54) is 6.21 Å². The van der Waals surface area contributed by atoms with Crippen molar-refractivity contribution in [2.24, 2.45) is 11.7 Å². The fourth-order valence-electron chi connectivity index (χ4n) is 2.90. The van der Waals surface area contributed by atoms with E-state index in [1.54, 1.807) is 0 Å². The van der Waals surface area contributed by atoms with Crippen molar-refractivity contribution in [2.45, 2.75) is 38.8 Å². The number of halogens is 1. The summed E-state index contributed by atoms with van der Waals surface area (Å²) in [6.07, 6.45) is 7.60. The van der Waals surface area contributed by atoms with Crippen molar-refractivity contribution in [2.75, 3.05) is 11.9 Å². The number of carboxylic acids is 1. The number of rotatable bonds is 7. The lowest BCUT2D eigenvalue weighted by atomic mass is 9.88. The molecule has 2 unspecified atom stereocenters. The summed E-state index contributed by atoms with van der Waals surface area (Å²) in [6.45, 7) is 4.19. The van der Waals surface area contributed by atoms with Gasteiger partial charge in [0, 0.05) is 54.0 Å². The molecule has 0 saturated heterocycles. The van der Waals surface area contributed by atoms with E-state index in [0.717, 1.165) is 22.4 Å². The highest BCUT2D eigenvalue weighted by molar-refractivity contribution is 6.31. The highest BCUT2D eigenvalue weighted by Crippen LogP contribution is 2.36. The van der Waals surface area contributed by atoms with Crippen molar-refractivity contribution in [1.29, 1.82) is 5.41 Å². The summed E-state index contributed by atoms with van der Waals surface area (Å²) in [5, 5.41) is 17.1. The third kappa shape index (κ3) is 4.54. The normalized spacial score (nSPS) is 19.4. The lowest BCUT2D eigenvalue weighted by Gasteiger charge is -2.29. The molecule has 4 N–H and O–H groups in total. The van der Waals surface area contributed by atoms with E-state index in [1.807, 2.05) is 37.4 Å². The molecule has 0 aromatic heterocycles. The number of carboxylic acid groups (broad SMARTS) is 1. The Morgan fingerprint density at radius 1 is 1.46 bits per heavy atom. The summed E-state index contributed by atoms with van der Waals surface area (Å²) >= 11 is 6.44. The van der Waals surface area contributed by atoms with Gasteiger partial charge in [-0.2, -0.15) is 0 Å². The van der Waals surface area contributed by atoms with Gasteiger partial charge in [0.2, 0.25) is 0 Å². The first-order chi connectivity index (χ1) is 12.2. The Morgan fingerprint density at radius 3 is 2.73 bits per heavy atom. The Balaban J connectivity index is 2.56. The monoisotopic (exact) mass is 375 g/mol. The smallest absolute Gasteiger partial charge is 0.303 e. The van der Waals surface area contributed by atoms with Crippen molar-refractivity contribution in [1.82, 2.24) is 0 Å². The zero-order valence-corrected chi connectivity index (χ0v) is 16.1. The fraction of sp³-hybridized carbons (Fsp3) is 0.400. The molecule has 0 bridgehead atoms. The van der Waals surface area contributed by atoms with Crippen LogP contribution in [0.3, 0.4) is 0 Å². The van der Waals surface area contributed by atoms with Gasteiger partial charge in [0.1, 0.15) is 0 Å². The molecule has 0 heterocycles. The van der Waals surface area contributed by atoms with Crippen LogP contribution in [0.4, 0.5) is 5.69 Å². The van der Waals surface area contributed by atoms with Gasteiger partial charge in [-0.05, 0) is 43.5 Å². The molecular formula is C20H26ClN3O2. The van der Waals surface area contributed by atoms with Gasteiger partial charge in [-0.1, -0.05) is 29.8 Å². The number of carbonyl (C=O) groups is 1. The third-order valence-electron chi connectivity index (χ3n) is 4.75. The maximum Gasteiger partial charge on any atom is 0.303 e. The van der Waals surface area contributed by atoms with Crippen LogP contribution in [0.2, 0.25) is 5.02 Å². The van der Waals surface area contributed by atoms with Crippen LogP contribution < -0.4 is 10.6 Å². The van der Waals surface area contributed by atoms with E-state index in [9.17, 15) is 4.79 Å². The largest absolute Gasteiger partial charge is 0.481 e. The first-order valence-electron chi connectivity index (χ1n) is 8.68. The topological polar surface area (TPSA) is 90.4 Å². The number of hydrogen-bond donors (Lipinski definition) is 3. The number of nitrogens with two attached hydrogens (primary N) is 1. The number of aryl methyl sites for hydroxylation is 1. The van der Waals surface area contributed by atoms with Crippen LogP contribution >= 0.6 is 11.6 Å². The number of anilines is 1. The minimum Gasteiger partial charge on any atom is -0.481 e. The quantitative estimate of drug-likeness (QED) is 0.633. The van der Waals surface area contributed by atoms with E-state index in [2.05, 4.69) is 18.7 Å². The number of nitrogens with zero attached hydrogens (tertiary/aromatic N) is 1. The van der Waals surface area contributed by atoms with Crippen LogP contribution in [-0.2, 0) is 11.2 Å². The van der Waals surface area contributed by atoms with Crippen LogP contribution in [0.25, 0.3) is 5.57 Å². The lowest BCUT2D eigenvalue weighted by Crippen LogP contribution is -2.30. The maximum absolute atomic E-state index is 10.9. The minimum atomic E-state index is -0.849. The van der Waals surface area contributed by atoms with Crippen LogP contribution in [0.5, 0.6) is 0 Å². The zero-order chi connectivity index (χ0) is 19.4. The van der Waals surface area contributed by atoms with Crippen LogP contribution in [0.1, 0.15) is 31.4 Å². The van der Waals surface area contributed by atoms with Gasteiger partial charge in [0.25, 0.3) is 0 Å². The van der Waals surface area contributed by atoms with E-state index < -0.39 is 5.97 Å². The van der Waals surface area contributed by atoms with Gasteiger partial charge in [0.05, 0.1) is 0 Å². The first-order valence-corrected chi connectivity index (χ1v) is 9.06. The summed E-state index contributed by atoms with van der Waals surface area (Å²) in [5.41, 5.74) is 9.75. The van der Waals surface area contributed by atoms with Gasteiger partial charge in [0.15, 0.2) is 0 Å². The molecule has 1 aromatic rings. The molecular weight excluding hydrogens is 350 g/mol. The Hall–Kier alpha value is -2.11. The second-order valence-electron chi connectivity index (χ2n) is 6.86. The van der Waals surface area contributed by atoms with Gasteiger partial charge >= 0.3 is 5.97 Å². The number of allylic oxidation sites excluding steroid dienone is 2. The van der Waals surface area contributed by atoms with Crippen molar-refractivity contribution in [3.63, 3.8) is 0 Å². The molecule has 0 amide bonds. The van der Waals surface area contributed by atoms with Crippen molar-refractivity contribution >= 4 is 35.0 Å². The predicted octanol–water partition coefficient (Wildman–Crippen LogP) is 3.75. The molecule has 140 valence electrons. The highest BCUT2D eigenvalue weighted by Gasteiger charge is 2.21. The van der Waals surface area contributed by atoms with E-state index in [-0.39, 0.29) is 24.4 Å². The average molecular weight is 376 g/mol. The molecule has 0 saturated carbocycles. The van der Waals surface area contributed by atoms with E-state index in [4.69, 9.17) is 27.9 Å². The van der Waals surface area contributed by atoms with Crippen LogP contribution in [-0.4, -0.2) is 36.4 Å². The highest BCUT2D eigenvalue weighted by atomic mass is 35.5. The second-order valence-corrected chi connectivity index (χ2v) is 7.27. The maximum atomic E-state index is 10.9. The second kappa shape index (κ2) is 8.52. The summed E-state index contributed by atoms with van der Waals surface area (Å²) in [5.74, 6) is -1.01. The van der Waals surface area contributed by atoms with Gasteiger partial charge in [-0.25, -0.2) is 0 Å². The minimum absolute atomic E-state index is 0.0292. The zero-order valence-electron chi connectivity index (χ0n) is 15.4. The molecule has 6 heteroatoms. The molecule has 26 heavy (non-hydrogen) atoms. The lowest BCUT2D eigenvalue weighted by molar-refractivity contribution is -0.136. The molecule has 5 nitrogen and oxygen atoms in total. The Labute approximate surface area is 159 Å². The summed E-state index contributed by atoms with van der Waals surface area (Å²) < 4.78 is 0. The number of benzene rings is 1. The molecule has 1 aliphatic carbocycles. The van der Waals surface area contributed by atoms with Crippen molar-refractivity contribution in [3.05, 3.63) is 46.5 Å². The SMILES string of the molecule is CC(C)N(C)c1cc(Cl)c(CCC(=O)O)cc1C1=CC(C=N)C(N)C=C1. The summed E-state index contributed by atoms with van der Waals surface area (Å²) in [6, 6.07) is 3.93. The Morgan fingerprint density at radius 2 is 2.15 bits per heavy atom. The number of nitrogens with one attached hydrogen (secondary N) is 1. The summed E-state index contributed by atoms with van der Waals surface area (Å²) in [4.78, 5) is 13.1. The van der Waals surface area contributed by atoms with E-state index in [0.29, 0.717) is 11.4 Å². The van der Waals surface area contributed by atoms with Gasteiger partial charge < -0.3 is 21.1 Å². The molecule has 0 aliphatic heterocycles. The van der Waals surface area contributed by atoms with E-state index >= 15 is 0 Å². The van der Waals surface area contributed by atoms with Crippen LogP contribution in [0, 0.1) is 11.3 Å². The predicted molar refractivity (Wildman–Crippen MR) is 108 cm³/mol. The molecule has 0 spiro atoms. The molecule has 2 atom stereocenters. The Kier molecular flexibility index (Phi) is 6.62. The fourth-order valence-corrected chi connectivity index (χ4v) is 3.15. The summed E-state index contributed by atoms with van der Waals surface area (Å²) in [7, 11) is 2.00. The number of hydrogen-bond acceptors (Lipinski definition) is 4. The standard InChI is InChI=1S/C20H26ClN3O2/c1-12(2)24(3)19-10-17(21)14(5-7-20(25)26)9-16(19)13-4-6-18(23)15(8-13)11-22/h4,6,8-12,15,18,22H,5,7,23H2,1-3H3,(H,25,26).